The van der Waals surface area contributed by atoms with Gasteiger partial charge in [0.25, 0.3) is 0 Å². The van der Waals surface area contributed by atoms with E-state index >= 15 is 0 Å². The first-order chi connectivity index (χ1) is 7.96. The average molecular weight is 301 g/mol. The number of halogens is 3. The number of benzene rings is 1. The van der Waals surface area contributed by atoms with Gasteiger partial charge in [-0.05, 0) is 0 Å². The molecule has 17 heavy (non-hydrogen) atoms. The average Bonchev–Trinajstić information content (AvgIpc) is 2.26. The summed E-state index contributed by atoms with van der Waals surface area (Å²) in [6, 6.07) is 7.03. The fourth-order valence-electron chi connectivity index (χ4n) is 2.03. The van der Waals surface area contributed by atoms with Gasteiger partial charge in [0.05, 0.1) is 0 Å². The van der Waals surface area contributed by atoms with Gasteiger partial charge in [0, 0.05) is 0 Å². The van der Waals surface area contributed by atoms with E-state index in [1.54, 1.807) is 12.1 Å². The van der Waals surface area contributed by atoms with Gasteiger partial charge in [-0.3, -0.25) is 0 Å². The van der Waals surface area contributed by atoms with Crippen molar-refractivity contribution < 1.29 is 13.2 Å². The summed E-state index contributed by atoms with van der Waals surface area (Å²) in [4.78, 5) is 3.33. The molecule has 0 heterocycles. The fraction of sp³-hybridized carbons (Fsp3) is 0.538. The van der Waals surface area contributed by atoms with Crippen LogP contribution in [0.25, 0.3) is 0 Å². The molecule has 0 saturated heterocycles. The normalized spacial score (nSPS) is 11.6. The van der Waals surface area contributed by atoms with Crippen LogP contribution in [0.3, 0.4) is 0 Å². The summed E-state index contributed by atoms with van der Waals surface area (Å²) in [7, 11) is 0. The van der Waals surface area contributed by atoms with Crippen LogP contribution in [-0.2, 0) is 11.4 Å². The first-order valence-electron chi connectivity index (χ1n) is 6.09. The summed E-state index contributed by atoms with van der Waals surface area (Å²) in [6.45, 7) is 4.33. The van der Waals surface area contributed by atoms with Crippen molar-refractivity contribution in [3.05, 3.63) is 35.4 Å². The fourth-order valence-corrected chi connectivity index (χ4v) is 6.60. The minimum absolute atomic E-state index is 0.470. The quantitative estimate of drug-likeness (QED) is 0.707. The Kier molecular flexibility index (Phi) is 5.66. The van der Waals surface area contributed by atoms with Crippen LogP contribution >= 0.6 is 0 Å². The molecule has 0 unspecified atom stereocenters. The van der Waals surface area contributed by atoms with E-state index in [0.29, 0.717) is 5.56 Å². The van der Waals surface area contributed by atoms with Gasteiger partial charge in [-0.2, -0.15) is 0 Å². The SMILES string of the molecule is C[CH2][Ga]([CH2]C)[CH2]c1ccccc1CC(F)(F)F. The molecule has 0 bridgehead atoms. The summed E-state index contributed by atoms with van der Waals surface area (Å²) in [5, 5.41) is 0. The summed E-state index contributed by atoms with van der Waals surface area (Å²) in [6.07, 6.45) is -4.89. The molecule has 1 rings (SSSR count). The van der Waals surface area contributed by atoms with Crippen LogP contribution in [0.2, 0.25) is 9.95 Å². The van der Waals surface area contributed by atoms with Crippen molar-refractivity contribution in [1.82, 2.24) is 0 Å². The van der Waals surface area contributed by atoms with Gasteiger partial charge in [-0.25, -0.2) is 0 Å². The summed E-state index contributed by atoms with van der Waals surface area (Å²) in [5.41, 5.74) is 1.40. The third-order valence-corrected chi connectivity index (χ3v) is 10.2. The van der Waals surface area contributed by atoms with Crippen molar-refractivity contribution >= 4 is 16.2 Å². The molecule has 0 N–H and O–H groups in total. The topological polar surface area (TPSA) is 0 Å². The van der Waals surface area contributed by atoms with E-state index in [0.717, 1.165) is 10.5 Å². The zero-order valence-corrected chi connectivity index (χ0v) is 12.8. The maximum atomic E-state index is 12.4. The molecule has 1 aromatic rings. The third-order valence-electron chi connectivity index (χ3n) is 3.17. The van der Waals surface area contributed by atoms with Crippen molar-refractivity contribution in [1.29, 1.82) is 0 Å². The molecule has 0 aliphatic rings. The van der Waals surface area contributed by atoms with Crippen molar-refractivity contribution in [2.75, 3.05) is 0 Å². The van der Waals surface area contributed by atoms with E-state index in [1.807, 2.05) is 12.1 Å². The van der Waals surface area contributed by atoms with Crippen LogP contribution in [-0.4, -0.2) is 22.4 Å². The van der Waals surface area contributed by atoms with E-state index in [1.165, 1.54) is 9.95 Å². The van der Waals surface area contributed by atoms with E-state index in [9.17, 15) is 13.2 Å². The van der Waals surface area contributed by atoms with Crippen LogP contribution in [0.1, 0.15) is 25.0 Å². The Morgan fingerprint density at radius 2 is 1.53 bits per heavy atom. The van der Waals surface area contributed by atoms with Crippen LogP contribution in [0.15, 0.2) is 24.3 Å². The van der Waals surface area contributed by atoms with Gasteiger partial charge in [0.1, 0.15) is 0 Å². The molecular formula is C13H18F3Ga. The van der Waals surface area contributed by atoms with Crippen LogP contribution in [0.4, 0.5) is 13.2 Å². The second-order valence-corrected chi connectivity index (χ2v) is 12.4. The third kappa shape index (κ3) is 5.21. The van der Waals surface area contributed by atoms with Gasteiger partial charge in [-0.1, -0.05) is 0 Å². The van der Waals surface area contributed by atoms with Crippen LogP contribution < -0.4 is 0 Å². The standard InChI is InChI=1S/C9H8F3.2C2H5.Ga/c1-7-4-2-3-5-8(7)6-9(10,11)12;2*1-2;/h2-5H,1,6H2;2*1H2,2H3;. The second-order valence-electron chi connectivity index (χ2n) is 4.45. The summed E-state index contributed by atoms with van der Waals surface area (Å²) >= 11 is -1.36. The van der Waals surface area contributed by atoms with Crippen LogP contribution in [0.5, 0.6) is 0 Å². The van der Waals surface area contributed by atoms with Gasteiger partial charge in [0.15, 0.2) is 0 Å². The molecule has 0 nitrogen and oxygen atoms in total. The Labute approximate surface area is 106 Å². The second kappa shape index (κ2) is 6.54. The minimum atomic E-state index is -4.10. The zero-order valence-electron chi connectivity index (χ0n) is 10.3. The van der Waals surface area contributed by atoms with Crippen molar-refractivity contribution in [3.8, 4) is 0 Å². The van der Waals surface area contributed by atoms with Crippen LogP contribution in [0, 0.1) is 0 Å². The van der Waals surface area contributed by atoms with E-state index in [-0.39, 0.29) is 0 Å². The van der Waals surface area contributed by atoms with Crippen molar-refractivity contribution in [2.45, 2.75) is 41.4 Å². The molecule has 0 atom stereocenters. The molecule has 4 heteroatoms. The summed E-state index contributed by atoms with van der Waals surface area (Å²) < 4.78 is 37.3. The molecule has 0 radical (unpaired) electrons. The molecule has 0 fully saturated rings. The Morgan fingerprint density at radius 3 is 2.00 bits per heavy atom. The van der Waals surface area contributed by atoms with E-state index in [2.05, 4.69) is 13.8 Å². The number of rotatable bonds is 5. The number of hydrogen-bond acceptors (Lipinski definition) is 0. The molecule has 1 aromatic carbocycles. The zero-order chi connectivity index (χ0) is 12.9. The van der Waals surface area contributed by atoms with E-state index < -0.39 is 28.8 Å². The Balaban J connectivity index is 2.84. The molecule has 0 spiro atoms. The molecule has 0 aliphatic carbocycles. The summed E-state index contributed by atoms with van der Waals surface area (Å²) in [5.74, 6) is 0. The molecule has 0 amide bonds. The first-order valence-corrected chi connectivity index (χ1v) is 11.2. The maximum absolute atomic E-state index is 12.4. The Morgan fingerprint density at radius 1 is 1.00 bits per heavy atom. The van der Waals surface area contributed by atoms with Gasteiger partial charge >= 0.3 is 106 Å². The molecule has 0 saturated carbocycles. The van der Waals surface area contributed by atoms with Gasteiger partial charge in [-0.15, -0.1) is 0 Å². The van der Waals surface area contributed by atoms with Gasteiger partial charge in [0.2, 0.25) is 0 Å². The number of hydrogen-bond donors (Lipinski definition) is 0. The molecular weight excluding hydrogens is 283 g/mol. The molecule has 0 aromatic heterocycles. The predicted molar refractivity (Wildman–Crippen MR) is 66.6 cm³/mol. The first kappa shape index (κ1) is 14.7. The monoisotopic (exact) mass is 300 g/mol. The van der Waals surface area contributed by atoms with Crippen molar-refractivity contribution in [2.24, 2.45) is 0 Å². The van der Waals surface area contributed by atoms with Crippen molar-refractivity contribution in [3.63, 3.8) is 0 Å². The predicted octanol–water partition coefficient (Wildman–Crippen LogP) is 4.41. The number of alkyl halides is 3. The van der Waals surface area contributed by atoms with E-state index in [4.69, 9.17) is 0 Å². The Bertz CT molecular complexity index is 343. The van der Waals surface area contributed by atoms with Gasteiger partial charge < -0.3 is 0 Å². The Hall–Kier alpha value is -0.354. The molecule has 0 aliphatic heterocycles. The molecule has 94 valence electrons.